The van der Waals surface area contributed by atoms with Crippen LogP contribution in [0.5, 0.6) is 0 Å². The summed E-state index contributed by atoms with van der Waals surface area (Å²) in [6.45, 7) is 0.918. The SMILES string of the molecule is CCC(NCC(F)(F)F)c1ccccc1. The van der Waals surface area contributed by atoms with E-state index in [9.17, 15) is 13.2 Å². The molecule has 0 spiro atoms. The van der Waals surface area contributed by atoms with Gasteiger partial charge in [-0.2, -0.15) is 13.2 Å². The van der Waals surface area contributed by atoms with E-state index in [1.165, 1.54) is 0 Å². The maximum atomic E-state index is 12.0. The first kappa shape index (κ1) is 12.0. The van der Waals surface area contributed by atoms with E-state index in [1.807, 2.05) is 37.3 Å². The number of alkyl halides is 3. The highest BCUT2D eigenvalue weighted by Gasteiger charge is 2.27. The highest BCUT2D eigenvalue weighted by atomic mass is 19.4. The van der Waals surface area contributed by atoms with Crippen LogP contribution in [0.25, 0.3) is 0 Å². The summed E-state index contributed by atoms with van der Waals surface area (Å²) < 4.78 is 36.0. The number of nitrogens with one attached hydrogen (secondary N) is 1. The van der Waals surface area contributed by atoms with Crippen LogP contribution in [-0.4, -0.2) is 12.7 Å². The number of halogens is 3. The van der Waals surface area contributed by atoms with Crippen molar-refractivity contribution in [3.63, 3.8) is 0 Å². The molecule has 1 aromatic rings. The zero-order chi connectivity index (χ0) is 11.3. The molecule has 0 bridgehead atoms. The Kier molecular flexibility index (Phi) is 4.15. The molecule has 0 saturated carbocycles. The molecule has 84 valence electrons. The van der Waals surface area contributed by atoms with Crippen LogP contribution in [0.4, 0.5) is 13.2 Å². The second kappa shape index (κ2) is 5.16. The van der Waals surface area contributed by atoms with E-state index in [1.54, 1.807) is 0 Å². The van der Waals surface area contributed by atoms with Gasteiger partial charge in [-0.3, -0.25) is 0 Å². The quantitative estimate of drug-likeness (QED) is 0.816. The van der Waals surface area contributed by atoms with Gasteiger partial charge < -0.3 is 5.32 Å². The van der Waals surface area contributed by atoms with Crippen LogP contribution in [0.15, 0.2) is 30.3 Å². The molecule has 0 aliphatic carbocycles. The van der Waals surface area contributed by atoms with Crippen LogP contribution < -0.4 is 5.32 Å². The number of hydrogen-bond acceptors (Lipinski definition) is 1. The van der Waals surface area contributed by atoms with E-state index in [2.05, 4.69) is 5.32 Å². The molecule has 0 aliphatic rings. The lowest BCUT2D eigenvalue weighted by molar-refractivity contribution is -0.126. The third-order valence-corrected chi connectivity index (χ3v) is 2.16. The third-order valence-electron chi connectivity index (χ3n) is 2.16. The van der Waals surface area contributed by atoms with Gasteiger partial charge in [0.05, 0.1) is 6.54 Å². The van der Waals surface area contributed by atoms with E-state index in [0.29, 0.717) is 6.42 Å². The fraction of sp³-hybridized carbons (Fsp3) is 0.455. The largest absolute Gasteiger partial charge is 0.401 e. The molecule has 1 aromatic carbocycles. The molecular weight excluding hydrogens is 203 g/mol. The Hall–Kier alpha value is -1.03. The summed E-state index contributed by atoms with van der Waals surface area (Å²) in [5.41, 5.74) is 0.893. The minimum Gasteiger partial charge on any atom is -0.302 e. The molecule has 1 nitrogen and oxygen atoms in total. The Labute approximate surface area is 87.3 Å². The summed E-state index contributed by atoms with van der Waals surface area (Å²) in [7, 11) is 0. The van der Waals surface area contributed by atoms with Crippen LogP contribution in [0, 0.1) is 0 Å². The molecule has 1 N–H and O–H groups in total. The lowest BCUT2D eigenvalue weighted by atomic mass is 10.0. The molecule has 0 aromatic heterocycles. The molecule has 4 heteroatoms. The topological polar surface area (TPSA) is 12.0 Å². The number of hydrogen-bond donors (Lipinski definition) is 1. The molecular formula is C11H14F3N. The Morgan fingerprint density at radius 1 is 1.20 bits per heavy atom. The van der Waals surface area contributed by atoms with Crippen LogP contribution in [0.1, 0.15) is 24.9 Å². The summed E-state index contributed by atoms with van der Waals surface area (Å²) in [6.07, 6.45) is -3.51. The second-order valence-corrected chi connectivity index (χ2v) is 3.37. The zero-order valence-corrected chi connectivity index (χ0v) is 8.51. The lowest BCUT2D eigenvalue weighted by Crippen LogP contribution is -2.31. The van der Waals surface area contributed by atoms with Gasteiger partial charge in [-0.05, 0) is 12.0 Å². The Morgan fingerprint density at radius 2 is 1.80 bits per heavy atom. The van der Waals surface area contributed by atoms with Crippen LogP contribution in [-0.2, 0) is 0 Å². The van der Waals surface area contributed by atoms with E-state index in [4.69, 9.17) is 0 Å². The van der Waals surface area contributed by atoms with Crippen molar-refractivity contribution in [1.29, 1.82) is 0 Å². The summed E-state index contributed by atoms with van der Waals surface area (Å²) in [4.78, 5) is 0. The Morgan fingerprint density at radius 3 is 2.27 bits per heavy atom. The monoisotopic (exact) mass is 217 g/mol. The minimum absolute atomic E-state index is 0.229. The highest BCUT2D eigenvalue weighted by Crippen LogP contribution is 2.19. The average Bonchev–Trinajstić information content (AvgIpc) is 2.19. The van der Waals surface area contributed by atoms with Crippen LogP contribution in [0.3, 0.4) is 0 Å². The first-order valence-electron chi connectivity index (χ1n) is 4.88. The van der Waals surface area contributed by atoms with Gasteiger partial charge in [0, 0.05) is 6.04 Å². The third kappa shape index (κ3) is 4.34. The summed E-state index contributed by atoms with van der Waals surface area (Å²) in [5, 5.41) is 2.50. The van der Waals surface area contributed by atoms with Gasteiger partial charge >= 0.3 is 6.18 Å². The van der Waals surface area contributed by atoms with Gasteiger partial charge in [0.2, 0.25) is 0 Å². The van der Waals surface area contributed by atoms with Crippen molar-refractivity contribution in [2.45, 2.75) is 25.6 Å². The standard InChI is InChI=1S/C11H14F3N/c1-2-10(15-8-11(12,13)14)9-6-4-3-5-7-9/h3-7,10,15H,2,8H2,1H3. The van der Waals surface area contributed by atoms with Gasteiger partial charge in [0.1, 0.15) is 0 Å². The van der Waals surface area contributed by atoms with Crippen molar-refractivity contribution in [3.05, 3.63) is 35.9 Å². The van der Waals surface area contributed by atoms with Gasteiger partial charge in [-0.15, -0.1) is 0 Å². The van der Waals surface area contributed by atoms with Gasteiger partial charge in [-0.25, -0.2) is 0 Å². The predicted octanol–water partition coefficient (Wildman–Crippen LogP) is 3.29. The number of rotatable bonds is 4. The van der Waals surface area contributed by atoms with E-state index >= 15 is 0 Å². The molecule has 0 amide bonds. The van der Waals surface area contributed by atoms with Crippen molar-refractivity contribution < 1.29 is 13.2 Å². The molecule has 0 radical (unpaired) electrons. The molecule has 15 heavy (non-hydrogen) atoms. The van der Waals surface area contributed by atoms with Crippen molar-refractivity contribution >= 4 is 0 Å². The Balaban J connectivity index is 2.58. The van der Waals surface area contributed by atoms with Gasteiger partial charge in [0.25, 0.3) is 0 Å². The van der Waals surface area contributed by atoms with E-state index in [-0.39, 0.29) is 6.04 Å². The molecule has 0 heterocycles. The van der Waals surface area contributed by atoms with E-state index < -0.39 is 12.7 Å². The van der Waals surface area contributed by atoms with Gasteiger partial charge in [0.15, 0.2) is 0 Å². The minimum atomic E-state index is -4.15. The van der Waals surface area contributed by atoms with Crippen LogP contribution >= 0.6 is 0 Å². The second-order valence-electron chi connectivity index (χ2n) is 3.37. The van der Waals surface area contributed by atoms with E-state index in [0.717, 1.165) is 5.56 Å². The van der Waals surface area contributed by atoms with Crippen LogP contribution in [0.2, 0.25) is 0 Å². The van der Waals surface area contributed by atoms with Gasteiger partial charge in [-0.1, -0.05) is 37.3 Å². The van der Waals surface area contributed by atoms with Crippen molar-refractivity contribution in [1.82, 2.24) is 5.32 Å². The fourth-order valence-corrected chi connectivity index (χ4v) is 1.42. The fourth-order valence-electron chi connectivity index (χ4n) is 1.42. The average molecular weight is 217 g/mol. The zero-order valence-electron chi connectivity index (χ0n) is 8.51. The summed E-state index contributed by atoms with van der Waals surface area (Å²) in [5.74, 6) is 0. The summed E-state index contributed by atoms with van der Waals surface area (Å²) in [6, 6.07) is 8.93. The van der Waals surface area contributed by atoms with Crippen molar-refractivity contribution in [2.24, 2.45) is 0 Å². The van der Waals surface area contributed by atoms with Crippen molar-refractivity contribution in [2.75, 3.05) is 6.54 Å². The lowest BCUT2D eigenvalue weighted by Gasteiger charge is -2.18. The maximum absolute atomic E-state index is 12.0. The molecule has 1 rings (SSSR count). The normalized spacial score (nSPS) is 13.9. The summed E-state index contributed by atoms with van der Waals surface area (Å²) >= 11 is 0. The van der Waals surface area contributed by atoms with Crippen molar-refractivity contribution in [3.8, 4) is 0 Å². The molecule has 1 atom stereocenters. The molecule has 1 unspecified atom stereocenters. The highest BCUT2D eigenvalue weighted by molar-refractivity contribution is 5.18. The maximum Gasteiger partial charge on any atom is 0.401 e. The molecule has 0 aliphatic heterocycles. The predicted molar refractivity (Wildman–Crippen MR) is 53.5 cm³/mol. The molecule has 0 saturated heterocycles. The first-order valence-corrected chi connectivity index (χ1v) is 4.88. The smallest absolute Gasteiger partial charge is 0.302 e. The Bertz CT molecular complexity index is 282. The first-order chi connectivity index (χ1) is 7.03. The molecule has 0 fully saturated rings. The number of benzene rings is 1.